The summed E-state index contributed by atoms with van der Waals surface area (Å²) in [5, 5.41) is 0.418. The second-order valence-corrected chi connectivity index (χ2v) is 5.42. The SMILES string of the molecule is CCCCCOCCOCCN(C)CC(C)S. The lowest BCUT2D eigenvalue weighted by molar-refractivity contribution is 0.0398. The van der Waals surface area contributed by atoms with E-state index < -0.39 is 0 Å². The second-order valence-electron chi connectivity index (χ2n) is 4.54. The Morgan fingerprint density at radius 3 is 2.29 bits per heavy atom. The largest absolute Gasteiger partial charge is 0.379 e. The van der Waals surface area contributed by atoms with Gasteiger partial charge >= 0.3 is 0 Å². The smallest absolute Gasteiger partial charge is 0.0701 e. The first kappa shape index (κ1) is 17.2. The van der Waals surface area contributed by atoms with Crippen LogP contribution in [0.25, 0.3) is 0 Å². The van der Waals surface area contributed by atoms with Gasteiger partial charge in [-0.3, -0.25) is 0 Å². The van der Waals surface area contributed by atoms with Gasteiger partial charge in [-0.25, -0.2) is 0 Å². The van der Waals surface area contributed by atoms with E-state index in [1.807, 2.05) is 0 Å². The van der Waals surface area contributed by atoms with Gasteiger partial charge in [0.05, 0.1) is 19.8 Å². The zero-order valence-electron chi connectivity index (χ0n) is 11.7. The molecule has 4 heteroatoms. The summed E-state index contributed by atoms with van der Waals surface area (Å²) in [5.74, 6) is 0. The third-order valence-corrected chi connectivity index (χ3v) is 2.62. The minimum Gasteiger partial charge on any atom is -0.379 e. The zero-order valence-corrected chi connectivity index (χ0v) is 12.5. The highest BCUT2D eigenvalue weighted by atomic mass is 32.1. The van der Waals surface area contributed by atoms with Gasteiger partial charge in [-0.1, -0.05) is 26.7 Å². The van der Waals surface area contributed by atoms with Crippen molar-refractivity contribution in [1.29, 1.82) is 0 Å². The van der Waals surface area contributed by atoms with Gasteiger partial charge < -0.3 is 14.4 Å². The molecule has 0 aliphatic carbocycles. The molecule has 104 valence electrons. The minimum absolute atomic E-state index is 0.418. The summed E-state index contributed by atoms with van der Waals surface area (Å²) in [5.41, 5.74) is 0. The van der Waals surface area contributed by atoms with Crippen LogP contribution in [0.3, 0.4) is 0 Å². The van der Waals surface area contributed by atoms with Gasteiger partial charge in [-0.15, -0.1) is 0 Å². The fourth-order valence-corrected chi connectivity index (χ4v) is 1.82. The third kappa shape index (κ3) is 14.2. The van der Waals surface area contributed by atoms with Crippen molar-refractivity contribution in [2.75, 3.05) is 46.6 Å². The molecule has 0 fully saturated rings. The fourth-order valence-electron chi connectivity index (χ4n) is 1.54. The minimum atomic E-state index is 0.418. The van der Waals surface area contributed by atoms with Gasteiger partial charge in [0.2, 0.25) is 0 Å². The van der Waals surface area contributed by atoms with Crippen molar-refractivity contribution >= 4 is 12.6 Å². The zero-order chi connectivity index (χ0) is 12.9. The molecule has 0 aromatic rings. The number of unbranched alkanes of at least 4 members (excludes halogenated alkanes) is 2. The fraction of sp³-hybridized carbons (Fsp3) is 1.00. The van der Waals surface area contributed by atoms with Crippen LogP contribution in [0.1, 0.15) is 33.1 Å². The summed E-state index contributed by atoms with van der Waals surface area (Å²) in [4.78, 5) is 2.24. The summed E-state index contributed by atoms with van der Waals surface area (Å²) in [6.07, 6.45) is 3.67. The van der Waals surface area contributed by atoms with Crippen molar-refractivity contribution in [2.45, 2.75) is 38.4 Å². The first-order valence-electron chi connectivity index (χ1n) is 6.69. The Bertz CT molecular complexity index is 156. The number of likely N-dealkylation sites (N-methyl/N-ethyl adjacent to an activating group) is 1. The molecule has 1 atom stereocenters. The molecule has 0 amide bonds. The number of ether oxygens (including phenoxy) is 2. The Hall–Kier alpha value is 0.230. The highest BCUT2D eigenvalue weighted by Crippen LogP contribution is 1.96. The van der Waals surface area contributed by atoms with Crippen LogP contribution < -0.4 is 0 Å². The molecule has 0 radical (unpaired) electrons. The molecule has 0 rings (SSSR count). The van der Waals surface area contributed by atoms with Crippen LogP contribution in [0.4, 0.5) is 0 Å². The van der Waals surface area contributed by atoms with Gasteiger partial charge in [0, 0.05) is 24.9 Å². The van der Waals surface area contributed by atoms with E-state index in [0.29, 0.717) is 11.9 Å². The maximum atomic E-state index is 5.50. The van der Waals surface area contributed by atoms with E-state index in [2.05, 4.69) is 38.4 Å². The highest BCUT2D eigenvalue weighted by Gasteiger charge is 2.01. The molecule has 0 aromatic carbocycles. The molecule has 0 aliphatic heterocycles. The van der Waals surface area contributed by atoms with Gasteiger partial charge in [0.25, 0.3) is 0 Å². The number of rotatable bonds is 12. The second kappa shape index (κ2) is 12.7. The average molecular weight is 263 g/mol. The van der Waals surface area contributed by atoms with Crippen molar-refractivity contribution < 1.29 is 9.47 Å². The molecule has 0 bridgehead atoms. The van der Waals surface area contributed by atoms with Crippen molar-refractivity contribution in [3.63, 3.8) is 0 Å². The molecular formula is C13H29NO2S. The van der Waals surface area contributed by atoms with Gasteiger partial charge in [-0.2, -0.15) is 12.6 Å². The van der Waals surface area contributed by atoms with Gasteiger partial charge in [0.15, 0.2) is 0 Å². The van der Waals surface area contributed by atoms with Gasteiger partial charge in [-0.05, 0) is 13.5 Å². The normalized spacial score (nSPS) is 13.2. The lowest BCUT2D eigenvalue weighted by Gasteiger charge is -2.18. The Morgan fingerprint density at radius 2 is 1.71 bits per heavy atom. The van der Waals surface area contributed by atoms with Crippen LogP contribution in [0.2, 0.25) is 0 Å². The summed E-state index contributed by atoms with van der Waals surface area (Å²) < 4.78 is 11.0. The molecule has 0 spiro atoms. The van der Waals surface area contributed by atoms with Crippen LogP contribution in [-0.2, 0) is 9.47 Å². The van der Waals surface area contributed by atoms with Crippen LogP contribution in [0.5, 0.6) is 0 Å². The molecule has 0 saturated carbocycles. The maximum absolute atomic E-state index is 5.50. The lowest BCUT2D eigenvalue weighted by Crippen LogP contribution is -2.28. The van der Waals surface area contributed by atoms with E-state index in [0.717, 1.165) is 32.9 Å². The van der Waals surface area contributed by atoms with E-state index in [4.69, 9.17) is 9.47 Å². The van der Waals surface area contributed by atoms with E-state index >= 15 is 0 Å². The van der Waals surface area contributed by atoms with Crippen LogP contribution >= 0.6 is 12.6 Å². The first-order chi connectivity index (χ1) is 8.16. The molecule has 0 aromatic heterocycles. The number of hydrogen-bond donors (Lipinski definition) is 1. The molecule has 0 heterocycles. The van der Waals surface area contributed by atoms with Crippen LogP contribution in [-0.4, -0.2) is 56.7 Å². The van der Waals surface area contributed by atoms with Gasteiger partial charge in [0.1, 0.15) is 0 Å². The number of thiol groups is 1. The van der Waals surface area contributed by atoms with E-state index in [-0.39, 0.29) is 0 Å². The van der Waals surface area contributed by atoms with Crippen molar-refractivity contribution in [3.05, 3.63) is 0 Å². The average Bonchev–Trinajstić information content (AvgIpc) is 2.26. The summed E-state index contributed by atoms with van der Waals surface area (Å²) in [7, 11) is 2.09. The predicted octanol–water partition coefficient (Wildman–Crippen LogP) is 2.46. The standard InChI is InChI=1S/C13H29NO2S/c1-4-5-6-8-15-10-11-16-9-7-14(3)12-13(2)17/h13,17H,4-12H2,1-3H3. The van der Waals surface area contributed by atoms with Crippen molar-refractivity contribution in [3.8, 4) is 0 Å². The Labute approximate surface area is 112 Å². The molecule has 0 N–H and O–H groups in total. The van der Waals surface area contributed by atoms with E-state index in [9.17, 15) is 0 Å². The van der Waals surface area contributed by atoms with E-state index in [1.165, 1.54) is 19.3 Å². The first-order valence-corrected chi connectivity index (χ1v) is 7.20. The molecule has 3 nitrogen and oxygen atoms in total. The molecule has 0 aliphatic rings. The molecule has 0 saturated heterocycles. The predicted molar refractivity (Wildman–Crippen MR) is 77.1 cm³/mol. The molecular weight excluding hydrogens is 234 g/mol. The Balaban J connectivity index is 3.07. The summed E-state index contributed by atoms with van der Waals surface area (Å²) >= 11 is 4.35. The number of nitrogens with zero attached hydrogens (tertiary/aromatic N) is 1. The molecule has 1 unspecified atom stereocenters. The highest BCUT2D eigenvalue weighted by molar-refractivity contribution is 7.80. The van der Waals surface area contributed by atoms with Crippen LogP contribution in [0.15, 0.2) is 0 Å². The quantitative estimate of drug-likeness (QED) is 0.432. The summed E-state index contributed by atoms with van der Waals surface area (Å²) in [6, 6.07) is 0. The number of hydrogen-bond acceptors (Lipinski definition) is 4. The maximum Gasteiger partial charge on any atom is 0.0701 e. The van der Waals surface area contributed by atoms with Crippen molar-refractivity contribution in [1.82, 2.24) is 4.90 Å². The topological polar surface area (TPSA) is 21.7 Å². The molecule has 17 heavy (non-hydrogen) atoms. The van der Waals surface area contributed by atoms with E-state index in [1.54, 1.807) is 0 Å². The van der Waals surface area contributed by atoms with Crippen molar-refractivity contribution in [2.24, 2.45) is 0 Å². The third-order valence-electron chi connectivity index (χ3n) is 2.46. The summed E-state index contributed by atoms with van der Waals surface area (Å²) in [6.45, 7) is 9.33. The Kier molecular flexibility index (Phi) is 12.9. The van der Waals surface area contributed by atoms with Crippen LogP contribution in [0, 0.1) is 0 Å². The Morgan fingerprint density at radius 1 is 1.06 bits per heavy atom. The lowest BCUT2D eigenvalue weighted by atomic mass is 10.3. The monoisotopic (exact) mass is 263 g/mol.